The topological polar surface area (TPSA) is 24.8 Å². The van der Waals surface area contributed by atoms with Gasteiger partial charge in [-0.1, -0.05) is 47.5 Å². The predicted molar refractivity (Wildman–Crippen MR) is 112 cm³/mol. The number of rotatable bonds is 4. The third-order valence-electron chi connectivity index (χ3n) is 4.74. The molecule has 0 amide bonds. The van der Waals surface area contributed by atoms with Crippen molar-refractivity contribution in [2.24, 2.45) is 5.10 Å². The fourth-order valence-electron chi connectivity index (χ4n) is 3.38. The Hall–Kier alpha value is -2.56. The van der Waals surface area contributed by atoms with E-state index >= 15 is 0 Å². The molecule has 3 nitrogen and oxygen atoms in total. The summed E-state index contributed by atoms with van der Waals surface area (Å²) in [5.41, 5.74) is 3.42. The van der Waals surface area contributed by atoms with Crippen molar-refractivity contribution in [3.63, 3.8) is 0 Å². The van der Waals surface area contributed by atoms with Gasteiger partial charge in [-0.25, -0.2) is 4.39 Å². The van der Waals surface area contributed by atoms with Gasteiger partial charge in [-0.3, -0.25) is 5.01 Å². The summed E-state index contributed by atoms with van der Waals surface area (Å²) in [5.74, 6) is 0.470. The molecule has 28 heavy (non-hydrogen) atoms. The quantitative estimate of drug-likeness (QED) is 0.486. The van der Waals surface area contributed by atoms with Gasteiger partial charge in [0.05, 0.1) is 29.6 Å². The van der Waals surface area contributed by atoms with Crippen LogP contribution in [0.3, 0.4) is 0 Å². The molecule has 1 aliphatic heterocycles. The number of hydrogen-bond donors (Lipinski definition) is 0. The molecule has 1 unspecified atom stereocenters. The molecule has 0 radical (unpaired) electrons. The van der Waals surface area contributed by atoms with Crippen LogP contribution in [0.25, 0.3) is 0 Å². The van der Waals surface area contributed by atoms with Crippen molar-refractivity contribution in [1.29, 1.82) is 0 Å². The molecule has 0 bridgehead atoms. The molecular formula is C22H17Cl2FN2O. The zero-order chi connectivity index (χ0) is 19.7. The number of halogens is 3. The molecule has 3 aromatic rings. The number of nitrogens with zero attached hydrogens (tertiary/aromatic N) is 2. The van der Waals surface area contributed by atoms with Crippen LogP contribution in [-0.4, -0.2) is 12.8 Å². The van der Waals surface area contributed by atoms with Gasteiger partial charge in [-0.05, 0) is 48.0 Å². The number of benzene rings is 3. The second-order valence-electron chi connectivity index (χ2n) is 6.46. The fourth-order valence-corrected chi connectivity index (χ4v) is 3.75. The highest BCUT2D eigenvalue weighted by atomic mass is 35.5. The number of ether oxygens (including phenoxy) is 1. The fraction of sp³-hybridized carbons (Fsp3) is 0.136. The molecule has 0 aromatic heterocycles. The molecule has 0 N–H and O–H groups in total. The number of para-hydroxylation sites is 1. The molecular weight excluding hydrogens is 398 g/mol. The van der Waals surface area contributed by atoms with Crippen LogP contribution >= 0.6 is 23.2 Å². The lowest BCUT2D eigenvalue weighted by molar-refractivity contribution is 0.414. The first-order valence-electron chi connectivity index (χ1n) is 8.77. The van der Waals surface area contributed by atoms with Crippen molar-refractivity contribution >= 4 is 34.6 Å². The summed E-state index contributed by atoms with van der Waals surface area (Å²) in [6.07, 6.45) is 0.620. The number of hydrogen-bond acceptors (Lipinski definition) is 3. The zero-order valence-corrected chi connectivity index (χ0v) is 16.6. The Morgan fingerprint density at radius 1 is 1.04 bits per heavy atom. The molecule has 6 heteroatoms. The summed E-state index contributed by atoms with van der Waals surface area (Å²) in [6, 6.07) is 19.3. The van der Waals surface area contributed by atoms with Crippen LogP contribution in [0.5, 0.6) is 5.75 Å². The summed E-state index contributed by atoms with van der Waals surface area (Å²) in [6.45, 7) is 0. The van der Waals surface area contributed by atoms with Crippen LogP contribution in [0.1, 0.15) is 23.6 Å². The lowest BCUT2D eigenvalue weighted by Gasteiger charge is -2.25. The van der Waals surface area contributed by atoms with Crippen molar-refractivity contribution in [2.45, 2.75) is 12.5 Å². The summed E-state index contributed by atoms with van der Waals surface area (Å²) in [7, 11) is 1.64. The van der Waals surface area contributed by atoms with Crippen LogP contribution in [0, 0.1) is 5.82 Å². The highest BCUT2D eigenvalue weighted by molar-refractivity contribution is 6.35. The Morgan fingerprint density at radius 3 is 2.54 bits per heavy atom. The van der Waals surface area contributed by atoms with E-state index in [-0.39, 0.29) is 11.9 Å². The minimum absolute atomic E-state index is 0.142. The maximum Gasteiger partial charge on any atom is 0.127 e. The lowest BCUT2D eigenvalue weighted by atomic mass is 9.97. The van der Waals surface area contributed by atoms with E-state index in [2.05, 4.69) is 0 Å². The third-order valence-corrected chi connectivity index (χ3v) is 5.29. The Balaban J connectivity index is 1.82. The standard InChI is InChI=1S/C22H17Cl2FN2O/c1-28-22-5-3-2-4-17(22)19-13-20(14-6-9-16(25)10-7-14)27(26-19)21-12-15(23)8-11-18(21)24/h2-12,20H,13H2,1H3. The summed E-state index contributed by atoms with van der Waals surface area (Å²) >= 11 is 12.7. The molecule has 142 valence electrons. The largest absolute Gasteiger partial charge is 0.496 e. The number of anilines is 1. The number of hydrazone groups is 1. The van der Waals surface area contributed by atoms with E-state index < -0.39 is 0 Å². The summed E-state index contributed by atoms with van der Waals surface area (Å²) in [4.78, 5) is 0. The molecule has 0 aliphatic carbocycles. The first-order chi connectivity index (χ1) is 13.6. The molecule has 0 fully saturated rings. The summed E-state index contributed by atoms with van der Waals surface area (Å²) in [5, 5.41) is 7.81. The lowest BCUT2D eigenvalue weighted by Crippen LogP contribution is -2.19. The van der Waals surface area contributed by atoms with E-state index in [1.54, 1.807) is 37.4 Å². The van der Waals surface area contributed by atoms with E-state index in [4.69, 9.17) is 33.0 Å². The van der Waals surface area contributed by atoms with Crippen molar-refractivity contribution in [1.82, 2.24) is 0 Å². The van der Waals surface area contributed by atoms with Gasteiger partial charge in [0.2, 0.25) is 0 Å². The van der Waals surface area contributed by atoms with E-state index in [0.717, 1.165) is 22.6 Å². The van der Waals surface area contributed by atoms with Crippen LogP contribution in [-0.2, 0) is 0 Å². The average molecular weight is 415 g/mol. The summed E-state index contributed by atoms with van der Waals surface area (Å²) < 4.78 is 19.0. The molecule has 0 saturated carbocycles. The molecule has 3 aromatic carbocycles. The first kappa shape index (κ1) is 18.8. The van der Waals surface area contributed by atoms with Crippen molar-refractivity contribution in [3.05, 3.63) is 93.7 Å². The second-order valence-corrected chi connectivity index (χ2v) is 7.30. The van der Waals surface area contributed by atoms with E-state index in [9.17, 15) is 4.39 Å². The third kappa shape index (κ3) is 3.58. The SMILES string of the molecule is COc1ccccc1C1=NN(c2cc(Cl)ccc2Cl)C(c2ccc(F)cc2)C1. The molecule has 4 rings (SSSR count). The Labute approximate surface area is 173 Å². The van der Waals surface area contributed by atoms with Crippen LogP contribution < -0.4 is 9.75 Å². The molecule has 1 aliphatic rings. The van der Waals surface area contributed by atoms with Crippen molar-refractivity contribution in [2.75, 3.05) is 12.1 Å². The minimum atomic E-state index is -0.278. The number of methoxy groups -OCH3 is 1. The van der Waals surface area contributed by atoms with Gasteiger partial charge in [0.25, 0.3) is 0 Å². The van der Waals surface area contributed by atoms with E-state index in [0.29, 0.717) is 22.2 Å². The van der Waals surface area contributed by atoms with Gasteiger partial charge in [0.15, 0.2) is 0 Å². The smallest absolute Gasteiger partial charge is 0.127 e. The van der Waals surface area contributed by atoms with Gasteiger partial charge in [-0.2, -0.15) is 5.10 Å². The van der Waals surface area contributed by atoms with Gasteiger partial charge in [-0.15, -0.1) is 0 Å². The zero-order valence-electron chi connectivity index (χ0n) is 15.1. The van der Waals surface area contributed by atoms with Gasteiger partial charge >= 0.3 is 0 Å². The predicted octanol–water partition coefficient (Wildman–Crippen LogP) is 6.50. The first-order valence-corrected chi connectivity index (χ1v) is 9.53. The highest BCUT2D eigenvalue weighted by Crippen LogP contribution is 2.41. The van der Waals surface area contributed by atoms with E-state index in [1.807, 2.05) is 29.3 Å². The highest BCUT2D eigenvalue weighted by Gasteiger charge is 2.32. The minimum Gasteiger partial charge on any atom is -0.496 e. The van der Waals surface area contributed by atoms with Gasteiger partial charge in [0.1, 0.15) is 11.6 Å². The molecule has 1 atom stereocenters. The maximum absolute atomic E-state index is 13.5. The van der Waals surface area contributed by atoms with Gasteiger partial charge in [0, 0.05) is 17.0 Å². The maximum atomic E-state index is 13.5. The average Bonchev–Trinajstić information content (AvgIpc) is 3.15. The monoisotopic (exact) mass is 414 g/mol. The van der Waals surface area contributed by atoms with Crippen LogP contribution in [0.15, 0.2) is 71.8 Å². The Morgan fingerprint density at radius 2 is 1.79 bits per heavy atom. The normalized spacial score (nSPS) is 16.2. The Kier molecular flexibility index (Phi) is 5.25. The van der Waals surface area contributed by atoms with E-state index in [1.165, 1.54) is 12.1 Å². The van der Waals surface area contributed by atoms with Gasteiger partial charge < -0.3 is 4.74 Å². The van der Waals surface area contributed by atoms with Crippen LogP contribution in [0.4, 0.5) is 10.1 Å². The van der Waals surface area contributed by atoms with Crippen LogP contribution in [0.2, 0.25) is 10.0 Å². The second kappa shape index (κ2) is 7.82. The molecule has 0 spiro atoms. The molecule has 0 saturated heterocycles. The Bertz CT molecular complexity index is 1040. The molecule has 1 heterocycles. The van der Waals surface area contributed by atoms with Crippen molar-refractivity contribution in [3.8, 4) is 5.75 Å². The van der Waals surface area contributed by atoms with Crippen molar-refractivity contribution < 1.29 is 9.13 Å².